The van der Waals surface area contributed by atoms with Gasteiger partial charge in [0.2, 0.25) is 0 Å². The summed E-state index contributed by atoms with van der Waals surface area (Å²) in [5.74, 6) is 1.34. The van der Waals surface area contributed by atoms with Gasteiger partial charge in [-0.1, -0.05) is 33.1 Å². The van der Waals surface area contributed by atoms with Crippen molar-refractivity contribution >= 4 is 5.78 Å². The van der Waals surface area contributed by atoms with Crippen LogP contribution in [0.1, 0.15) is 70.3 Å². The maximum absolute atomic E-state index is 12.8. The van der Waals surface area contributed by atoms with E-state index < -0.39 is 0 Å². The van der Waals surface area contributed by atoms with Gasteiger partial charge in [0.15, 0.2) is 5.78 Å². The van der Waals surface area contributed by atoms with Gasteiger partial charge in [0.05, 0.1) is 0 Å². The molecule has 1 aromatic rings. The smallest absolute Gasteiger partial charge is 0.161 e. The lowest BCUT2D eigenvalue weighted by atomic mass is 9.75. The first kappa shape index (κ1) is 13.0. The van der Waals surface area contributed by atoms with Gasteiger partial charge in [-0.2, -0.15) is 0 Å². The van der Waals surface area contributed by atoms with Crippen molar-refractivity contribution in [3.05, 3.63) is 24.0 Å². The second-order valence-corrected chi connectivity index (χ2v) is 6.74. The summed E-state index contributed by atoms with van der Waals surface area (Å²) >= 11 is 0. The Kier molecular flexibility index (Phi) is 3.28. The van der Waals surface area contributed by atoms with Crippen molar-refractivity contribution in [3.63, 3.8) is 0 Å². The van der Waals surface area contributed by atoms with Crippen molar-refractivity contribution in [2.24, 2.45) is 5.92 Å². The second-order valence-electron chi connectivity index (χ2n) is 6.74. The molecule has 0 saturated heterocycles. The molecule has 3 rings (SSSR count). The first-order chi connectivity index (χ1) is 9.13. The summed E-state index contributed by atoms with van der Waals surface area (Å²) in [5.41, 5.74) is 1.21. The predicted molar refractivity (Wildman–Crippen MR) is 77.3 cm³/mol. The van der Waals surface area contributed by atoms with Crippen LogP contribution in [0.4, 0.5) is 0 Å². The van der Waals surface area contributed by atoms with E-state index in [-0.39, 0.29) is 11.5 Å². The highest BCUT2D eigenvalue weighted by molar-refractivity contribution is 5.88. The molecule has 1 aromatic heterocycles. The van der Waals surface area contributed by atoms with Crippen molar-refractivity contribution in [2.75, 3.05) is 0 Å². The number of ketones is 1. The zero-order chi connectivity index (χ0) is 13.5. The molecule has 2 aliphatic carbocycles. The van der Waals surface area contributed by atoms with Crippen molar-refractivity contribution in [1.29, 1.82) is 0 Å². The monoisotopic (exact) mass is 259 g/mol. The molecule has 0 unspecified atom stereocenters. The molecule has 0 amide bonds. The van der Waals surface area contributed by atoms with Crippen LogP contribution < -0.4 is 0 Å². The Morgan fingerprint density at radius 3 is 2.53 bits per heavy atom. The lowest BCUT2D eigenvalue weighted by Gasteiger charge is -2.38. The third-order valence-electron chi connectivity index (χ3n) is 4.92. The number of aromatic nitrogens is 1. The second kappa shape index (κ2) is 4.81. The predicted octanol–water partition coefficient (Wildman–Crippen LogP) is 4.25. The average molecular weight is 259 g/mol. The Labute approximate surface area is 116 Å². The summed E-state index contributed by atoms with van der Waals surface area (Å²) in [5, 5.41) is 0. The molecule has 104 valence electrons. The molecule has 0 atom stereocenters. The Hall–Kier alpha value is -1.05. The summed E-state index contributed by atoms with van der Waals surface area (Å²) in [6.45, 7) is 4.09. The Morgan fingerprint density at radius 1 is 1.26 bits per heavy atom. The van der Waals surface area contributed by atoms with Crippen molar-refractivity contribution in [3.8, 4) is 0 Å². The number of rotatable bonds is 4. The molecule has 0 radical (unpaired) electrons. The third-order valence-corrected chi connectivity index (χ3v) is 4.92. The molecule has 0 N–H and O–H groups in total. The van der Waals surface area contributed by atoms with Crippen LogP contribution in [0.2, 0.25) is 0 Å². The van der Waals surface area contributed by atoms with Gasteiger partial charge in [0.1, 0.15) is 5.54 Å². The standard InChI is InChI=1S/C17H25NO/c1-13(2)16(19)17(9-4-3-5-10-17)18-11-8-15(12-18)14-6-7-14/h8,11-14H,3-7,9-10H2,1-2H3. The van der Waals surface area contributed by atoms with Gasteiger partial charge >= 0.3 is 0 Å². The lowest BCUT2D eigenvalue weighted by Crippen LogP contribution is -2.45. The van der Waals surface area contributed by atoms with Gasteiger partial charge in [-0.25, -0.2) is 0 Å². The zero-order valence-electron chi connectivity index (χ0n) is 12.2. The average Bonchev–Trinajstić information content (AvgIpc) is 3.16. The number of nitrogens with zero attached hydrogens (tertiary/aromatic N) is 1. The molecule has 0 bridgehead atoms. The first-order valence-corrected chi connectivity index (χ1v) is 7.86. The normalized spacial score (nSPS) is 22.7. The number of carbonyl (C=O) groups excluding carboxylic acids is 1. The molecule has 0 aliphatic heterocycles. The highest BCUT2D eigenvalue weighted by Gasteiger charge is 2.42. The van der Waals surface area contributed by atoms with E-state index in [0.29, 0.717) is 5.78 Å². The van der Waals surface area contributed by atoms with E-state index in [4.69, 9.17) is 0 Å². The van der Waals surface area contributed by atoms with Crippen LogP contribution in [0.3, 0.4) is 0 Å². The molecule has 2 nitrogen and oxygen atoms in total. The highest BCUT2D eigenvalue weighted by Crippen LogP contribution is 2.43. The maximum atomic E-state index is 12.8. The van der Waals surface area contributed by atoms with Crippen LogP contribution >= 0.6 is 0 Å². The number of hydrogen-bond donors (Lipinski definition) is 0. The molecule has 2 aliphatic rings. The molecule has 1 heterocycles. The number of carbonyl (C=O) groups is 1. The van der Waals surface area contributed by atoms with Crippen molar-refractivity contribution in [1.82, 2.24) is 4.57 Å². The van der Waals surface area contributed by atoms with Crippen LogP contribution in [0, 0.1) is 5.92 Å². The van der Waals surface area contributed by atoms with E-state index in [0.717, 1.165) is 18.8 Å². The molecule has 0 spiro atoms. The largest absolute Gasteiger partial charge is 0.341 e. The van der Waals surface area contributed by atoms with Gasteiger partial charge in [0.25, 0.3) is 0 Å². The van der Waals surface area contributed by atoms with Gasteiger partial charge in [-0.3, -0.25) is 4.79 Å². The van der Waals surface area contributed by atoms with Crippen LogP contribution in [0.5, 0.6) is 0 Å². The van der Waals surface area contributed by atoms with E-state index in [1.807, 2.05) is 13.8 Å². The minimum Gasteiger partial charge on any atom is -0.341 e. The molecular formula is C17H25NO. The highest BCUT2D eigenvalue weighted by atomic mass is 16.1. The van der Waals surface area contributed by atoms with Gasteiger partial charge in [-0.15, -0.1) is 0 Å². The SMILES string of the molecule is CC(C)C(=O)C1(n2ccc(C3CC3)c2)CCCCC1. The van der Waals surface area contributed by atoms with Crippen molar-refractivity contribution < 1.29 is 4.79 Å². The van der Waals surface area contributed by atoms with E-state index in [1.54, 1.807) is 0 Å². The summed E-state index contributed by atoms with van der Waals surface area (Å²) in [7, 11) is 0. The topological polar surface area (TPSA) is 22.0 Å². The maximum Gasteiger partial charge on any atom is 0.161 e. The zero-order valence-corrected chi connectivity index (χ0v) is 12.2. The molecule has 2 fully saturated rings. The molecule has 2 saturated carbocycles. The quantitative estimate of drug-likeness (QED) is 0.792. The fraction of sp³-hybridized carbons (Fsp3) is 0.706. The fourth-order valence-electron chi connectivity index (χ4n) is 3.64. The van der Waals surface area contributed by atoms with Gasteiger partial charge in [0, 0.05) is 18.3 Å². The summed E-state index contributed by atoms with van der Waals surface area (Å²) in [6, 6.07) is 2.24. The Bertz CT molecular complexity index is 461. The van der Waals surface area contributed by atoms with E-state index in [9.17, 15) is 4.79 Å². The van der Waals surface area contributed by atoms with Crippen molar-refractivity contribution in [2.45, 2.75) is 70.3 Å². The van der Waals surface area contributed by atoms with Gasteiger partial charge in [-0.05, 0) is 43.2 Å². The number of Topliss-reactive ketones (excluding diaryl/α,β-unsaturated/α-hetero) is 1. The Balaban J connectivity index is 1.94. The van der Waals surface area contributed by atoms with Crippen LogP contribution in [-0.2, 0) is 10.3 Å². The molecule has 0 aromatic carbocycles. The van der Waals surface area contributed by atoms with E-state index in [1.165, 1.54) is 37.7 Å². The summed E-state index contributed by atoms with van der Waals surface area (Å²) in [6.07, 6.45) is 12.8. The van der Waals surface area contributed by atoms with E-state index >= 15 is 0 Å². The van der Waals surface area contributed by atoms with E-state index in [2.05, 4.69) is 23.0 Å². The summed E-state index contributed by atoms with van der Waals surface area (Å²) < 4.78 is 2.27. The lowest BCUT2D eigenvalue weighted by molar-refractivity contribution is -0.132. The van der Waals surface area contributed by atoms with Crippen LogP contribution in [-0.4, -0.2) is 10.4 Å². The number of hydrogen-bond acceptors (Lipinski definition) is 1. The Morgan fingerprint density at radius 2 is 1.95 bits per heavy atom. The molecule has 2 heteroatoms. The molecular weight excluding hydrogens is 234 g/mol. The van der Waals surface area contributed by atoms with Crippen LogP contribution in [0.25, 0.3) is 0 Å². The first-order valence-electron chi connectivity index (χ1n) is 7.86. The minimum absolute atomic E-state index is 0.130. The summed E-state index contributed by atoms with van der Waals surface area (Å²) in [4.78, 5) is 12.8. The van der Waals surface area contributed by atoms with Gasteiger partial charge < -0.3 is 4.57 Å². The molecule has 19 heavy (non-hydrogen) atoms. The minimum atomic E-state index is -0.237. The van der Waals surface area contributed by atoms with Crippen LogP contribution in [0.15, 0.2) is 18.5 Å². The fourth-order valence-corrected chi connectivity index (χ4v) is 3.64. The third kappa shape index (κ3) is 2.26.